The Morgan fingerprint density at radius 2 is 1.66 bits per heavy atom. The highest BCUT2D eigenvalue weighted by atomic mass is 79.9. The zero-order valence-corrected chi connectivity index (χ0v) is 26.2. The van der Waals surface area contributed by atoms with E-state index in [0.29, 0.717) is 36.9 Å². The lowest BCUT2D eigenvalue weighted by Crippen LogP contribution is -2.57. The van der Waals surface area contributed by atoms with E-state index in [1.165, 1.54) is 6.20 Å². The van der Waals surface area contributed by atoms with E-state index in [0.717, 1.165) is 64.8 Å². The second-order valence-electron chi connectivity index (χ2n) is 10.6. The molecule has 226 valence electrons. The molecule has 2 aromatic rings. The normalized spacial score (nSPS) is 18.4. The van der Waals surface area contributed by atoms with Crippen molar-refractivity contribution < 1.29 is 31.9 Å². The number of piperidine rings is 2. The van der Waals surface area contributed by atoms with Crippen LogP contribution in [0.4, 0.5) is 0 Å². The molecule has 0 atom stereocenters. The van der Waals surface area contributed by atoms with Gasteiger partial charge >= 0.3 is 0 Å². The first-order valence-electron chi connectivity index (χ1n) is 13.6. The SMILES string of the molecule is CCO/N=C(/c1ccc(Br)cc1)C1CCN(C2(C)CCN(C(=O)c3c(C)cc[n+]([O-])c3C)CC2)CC1.O=S(=O)([O-])[O-]. The summed E-state index contributed by atoms with van der Waals surface area (Å²) in [5.41, 5.74) is 4.11. The van der Waals surface area contributed by atoms with Crippen molar-refractivity contribution in [3.8, 4) is 0 Å². The molecule has 1 aromatic carbocycles. The number of pyridine rings is 1. The maximum atomic E-state index is 13.3. The second-order valence-corrected chi connectivity index (χ2v) is 12.4. The minimum absolute atomic E-state index is 0.0257. The van der Waals surface area contributed by atoms with Gasteiger partial charge in [0.2, 0.25) is 5.69 Å². The van der Waals surface area contributed by atoms with Crippen LogP contribution >= 0.6 is 15.9 Å². The Kier molecular flexibility index (Phi) is 11.3. The Bertz CT molecular complexity index is 1330. The Balaban J connectivity index is 0.000000850. The lowest BCUT2D eigenvalue weighted by molar-refractivity contribution is -0.612. The molecule has 13 heteroatoms. The van der Waals surface area contributed by atoms with E-state index < -0.39 is 10.4 Å². The number of nitrogens with zero attached hydrogens (tertiary/aromatic N) is 4. The van der Waals surface area contributed by atoms with Gasteiger partial charge in [-0.05, 0) is 82.8 Å². The summed E-state index contributed by atoms with van der Waals surface area (Å²) in [6, 6.07) is 10.0. The van der Waals surface area contributed by atoms with Gasteiger partial charge in [-0.2, -0.15) is 4.73 Å². The van der Waals surface area contributed by atoms with E-state index >= 15 is 0 Å². The number of halogens is 1. The fourth-order valence-electron chi connectivity index (χ4n) is 5.57. The largest absolute Gasteiger partial charge is 0.759 e. The maximum absolute atomic E-state index is 13.3. The molecule has 0 saturated carbocycles. The number of carbonyl (C=O) groups is 1. The van der Waals surface area contributed by atoms with E-state index in [1.807, 2.05) is 18.7 Å². The highest BCUT2D eigenvalue weighted by Crippen LogP contribution is 2.34. The monoisotopic (exact) mass is 652 g/mol. The molecule has 1 aromatic heterocycles. The first kappa shape index (κ1) is 32.9. The molecule has 11 nitrogen and oxygen atoms in total. The number of likely N-dealkylation sites (tertiary alicyclic amines) is 2. The smallest absolute Gasteiger partial charge is 0.260 e. The molecule has 0 unspecified atom stereocenters. The summed E-state index contributed by atoms with van der Waals surface area (Å²) in [4.78, 5) is 23.3. The van der Waals surface area contributed by atoms with E-state index in [9.17, 15) is 10.0 Å². The standard InChI is InChI=1S/C28H37BrN4O3.H2O4S/c1-5-36-30-26(22-6-8-24(29)9-7-22)23-11-15-32(16-12-23)28(4)13-18-31(19-14-28)27(34)25-20(2)10-17-33(35)21(25)3;1-5(2,3)4/h6-10,17,23H,5,11-16,18-19H2,1-4H3;(H2,1,2,3,4)/p-2/b30-26-;. The molecule has 41 heavy (non-hydrogen) atoms. The molecule has 0 N–H and O–H groups in total. The molecule has 0 bridgehead atoms. The number of aryl methyl sites for hydroxylation is 1. The predicted octanol–water partition coefficient (Wildman–Crippen LogP) is 3.51. The third-order valence-electron chi connectivity index (χ3n) is 7.97. The van der Waals surface area contributed by atoms with Crippen LogP contribution < -0.4 is 4.73 Å². The lowest BCUT2D eigenvalue weighted by atomic mass is 9.82. The molecule has 0 radical (unpaired) electrons. The average molecular weight is 654 g/mol. The van der Waals surface area contributed by atoms with Gasteiger partial charge in [0.1, 0.15) is 12.2 Å². The van der Waals surface area contributed by atoms with Gasteiger partial charge in [-0.1, -0.05) is 33.2 Å². The molecule has 3 heterocycles. The molecule has 0 spiro atoms. The molecule has 2 fully saturated rings. The highest BCUT2D eigenvalue weighted by molar-refractivity contribution is 9.10. The molecular weight excluding hydrogens is 616 g/mol. The number of carbonyl (C=O) groups excluding carboxylic acids is 1. The van der Waals surface area contributed by atoms with Crippen LogP contribution in [0.2, 0.25) is 0 Å². The predicted molar refractivity (Wildman–Crippen MR) is 155 cm³/mol. The molecule has 4 rings (SSSR count). The van der Waals surface area contributed by atoms with Crippen LogP contribution in [-0.4, -0.2) is 77.3 Å². The quantitative estimate of drug-likeness (QED) is 0.115. The van der Waals surface area contributed by atoms with Crippen LogP contribution in [0.1, 0.15) is 66.7 Å². The van der Waals surface area contributed by atoms with Gasteiger partial charge in [-0.15, -0.1) is 0 Å². The van der Waals surface area contributed by atoms with Gasteiger partial charge in [0.25, 0.3) is 5.91 Å². The summed E-state index contributed by atoms with van der Waals surface area (Å²) in [5, 5.41) is 16.6. The number of oxime groups is 1. The third kappa shape index (κ3) is 8.95. The van der Waals surface area contributed by atoms with Crippen molar-refractivity contribution in [2.75, 3.05) is 32.8 Å². The first-order valence-corrected chi connectivity index (χ1v) is 15.7. The minimum Gasteiger partial charge on any atom is -0.759 e. The van der Waals surface area contributed by atoms with Gasteiger partial charge in [-0.25, -0.2) is 0 Å². The Morgan fingerprint density at radius 1 is 1.10 bits per heavy atom. The van der Waals surface area contributed by atoms with E-state index in [2.05, 4.69) is 57.2 Å². The number of benzene rings is 1. The number of amides is 1. The van der Waals surface area contributed by atoms with E-state index in [1.54, 1.807) is 13.0 Å². The topological polar surface area (TPSA) is 152 Å². The summed E-state index contributed by atoms with van der Waals surface area (Å²) in [6.07, 6.45) is 5.40. The van der Waals surface area contributed by atoms with Crippen LogP contribution in [0, 0.1) is 25.0 Å². The van der Waals surface area contributed by atoms with Crippen molar-refractivity contribution in [1.82, 2.24) is 9.80 Å². The van der Waals surface area contributed by atoms with Crippen LogP contribution in [0.15, 0.2) is 46.2 Å². The number of rotatable bonds is 6. The summed E-state index contributed by atoms with van der Waals surface area (Å²) >= 11 is 3.52. The Morgan fingerprint density at radius 3 is 2.20 bits per heavy atom. The van der Waals surface area contributed by atoms with Gasteiger partial charge in [0, 0.05) is 52.4 Å². The summed E-state index contributed by atoms with van der Waals surface area (Å²) in [7, 11) is -5.17. The Hall–Kier alpha value is -2.58. The Labute approximate surface area is 250 Å². The molecule has 2 aliphatic heterocycles. The average Bonchev–Trinajstić information content (AvgIpc) is 2.92. The van der Waals surface area contributed by atoms with Crippen LogP contribution in [0.3, 0.4) is 0 Å². The molecule has 0 aliphatic carbocycles. The lowest BCUT2D eigenvalue weighted by Gasteiger charge is -2.49. The van der Waals surface area contributed by atoms with Gasteiger partial charge in [0.05, 0.1) is 5.71 Å². The zero-order valence-electron chi connectivity index (χ0n) is 23.8. The van der Waals surface area contributed by atoms with Crippen molar-refractivity contribution in [1.29, 1.82) is 0 Å². The summed E-state index contributed by atoms with van der Waals surface area (Å²) in [5.74, 6) is 0.337. The van der Waals surface area contributed by atoms with E-state index in [4.69, 9.17) is 22.4 Å². The number of aromatic nitrogens is 1. The van der Waals surface area contributed by atoms with Crippen LogP contribution in [-0.2, 0) is 15.2 Å². The van der Waals surface area contributed by atoms with Crippen LogP contribution in [0.5, 0.6) is 0 Å². The van der Waals surface area contributed by atoms with Crippen molar-refractivity contribution >= 4 is 37.9 Å². The van der Waals surface area contributed by atoms with Crippen molar-refractivity contribution in [3.63, 3.8) is 0 Å². The molecule has 2 saturated heterocycles. The van der Waals surface area contributed by atoms with Crippen molar-refractivity contribution in [3.05, 3.63) is 68.6 Å². The third-order valence-corrected chi connectivity index (χ3v) is 8.49. The fraction of sp³-hybridized carbons (Fsp3) is 0.536. The molecule has 1 amide bonds. The number of hydrogen-bond acceptors (Lipinski definition) is 9. The fourth-order valence-corrected chi connectivity index (χ4v) is 5.83. The molecular formula is C28H37BrN4O7S-2. The summed E-state index contributed by atoms with van der Waals surface area (Å²) < 4.78 is 35.9. The second kappa shape index (κ2) is 14.1. The highest BCUT2D eigenvalue weighted by Gasteiger charge is 2.40. The van der Waals surface area contributed by atoms with Gasteiger partial charge in [0.15, 0.2) is 6.20 Å². The van der Waals surface area contributed by atoms with Gasteiger partial charge < -0.3 is 24.1 Å². The van der Waals surface area contributed by atoms with Crippen molar-refractivity contribution in [2.45, 2.75) is 58.9 Å². The maximum Gasteiger partial charge on any atom is 0.260 e. The van der Waals surface area contributed by atoms with Crippen LogP contribution in [0.25, 0.3) is 0 Å². The minimum atomic E-state index is -5.17. The summed E-state index contributed by atoms with van der Waals surface area (Å²) in [6.45, 7) is 11.9. The zero-order chi connectivity index (χ0) is 30.4. The molecule has 2 aliphatic rings. The first-order chi connectivity index (χ1) is 19.2. The number of hydrogen-bond donors (Lipinski definition) is 0. The van der Waals surface area contributed by atoms with E-state index in [-0.39, 0.29) is 11.4 Å². The van der Waals surface area contributed by atoms with Crippen molar-refractivity contribution in [2.24, 2.45) is 11.1 Å². The van der Waals surface area contributed by atoms with Gasteiger partial charge in [-0.3, -0.25) is 18.1 Å².